The summed E-state index contributed by atoms with van der Waals surface area (Å²) in [7, 11) is 0. The zero-order chi connectivity index (χ0) is 22.0. The van der Waals surface area contributed by atoms with E-state index in [9.17, 15) is 9.18 Å². The highest BCUT2D eigenvalue weighted by atomic mass is 32.1. The summed E-state index contributed by atoms with van der Waals surface area (Å²) in [5.74, 6) is 0.828. The van der Waals surface area contributed by atoms with Crippen LogP contribution in [0.3, 0.4) is 0 Å². The van der Waals surface area contributed by atoms with Gasteiger partial charge in [-0.2, -0.15) is 0 Å². The molecule has 1 aliphatic heterocycles. The van der Waals surface area contributed by atoms with Crippen LogP contribution in [0.1, 0.15) is 40.8 Å². The third-order valence-corrected chi connectivity index (χ3v) is 6.84. The number of thiazole rings is 1. The predicted molar refractivity (Wildman–Crippen MR) is 123 cm³/mol. The fourth-order valence-electron chi connectivity index (χ4n) is 4.10. The zero-order valence-electron chi connectivity index (χ0n) is 18.1. The molecule has 2 aromatic heterocycles. The van der Waals surface area contributed by atoms with Gasteiger partial charge in [-0.25, -0.2) is 14.4 Å². The number of nitrogens with zero attached hydrogens (tertiary/aromatic N) is 3. The second kappa shape index (κ2) is 9.14. The maximum Gasteiger partial charge on any atom is 0.274 e. The molecule has 0 unspecified atom stereocenters. The number of piperidine rings is 1. The molecule has 2 atom stereocenters. The van der Waals surface area contributed by atoms with Crippen LogP contribution in [0.15, 0.2) is 42.6 Å². The Hall–Kier alpha value is -2.80. The van der Waals surface area contributed by atoms with E-state index in [1.807, 2.05) is 37.1 Å². The molecular formula is C24H27FN4OS. The number of carbonyl (C=O) groups excluding carboxylic acids is 1. The Bertz CT molecular complexity index is 1050. The molecule has 4 rings (SSSR count). The molecule has 5 nitrogen and oxygen atoms in total. The molecule has 1 N–H and O–H groups in total. The SMILES string of the molecule is Cc1ccc(NC[C@@H]2[C@H](C)CCCN2C(=O)c2nc(C)sc2-c2ccc(F)cc2)nc1. The Morgan fingerprint density at radius 1 is 1.23 bits per heavy atom. The molecule has 7 heteroatoms. The van der Waals surface area contributed by atoms with E-state index in [0.717, 1.165) is 39.7 Å². The molecule has 1 saturated heterocycles. The van der Waals surface area contributed by atoms with Gasteiger partial charge in [0.15, 0.2) is 0 Å². The molecule has 1 amide bonds. The molecule has 3 aromatic rings. The highest BCUT2D eigenvalue weighted by molar-refractivity contribution is 7.15. The van der Waals surface area contributed by atoms with Crippen LogP contribution in [0, 0.1) is 25.6 Å². The lowest BCUT2D eigenvalue weighted by atomic mass is 9.90. The zero-order valence-corrected chi connectivity index (χ0v) is 18.9. The quantitative estimate of drug-likeness (QED) is 0.586. The Labute approximate surface area is 186 Å². The fourth-order valence-corrected chi connectivity index (χ4v) is 5.01. The number of rotatable bonds is 5. The minimum Gasteiger partial charge on any atom is -0.368 e. The van der Waals surface area contributed by atoms with Crippen molar-refractivity contribution in [3.8, 4) is 10.4 Å². The van der Waals surface area contributed by atoms with Gasteiger partial charge in [0.1, 0.15) is 17.3 Å². The molecule has 1 fully saturated rings. The molecule has 0 saturated carbocycles. The Balaban J connectivity index is 1.58. The van der Waals surface area contributed by atoms with Gasteiger partial charge in [-0.15, -0.1) is 11.3 Å². The first kappa shape index (κ1) is 21.4. The van der Waals surface area contributed by atoms with Gasteiger partial charge in [0, 0.05) is 19.3 Å². The Kier molecular flexibility index (Phi) is 6.32. The van der Waals surface area contributed by atoms with Gasteiger partial charge in [0.25, 0.3) is 5.91 Å². The van der Waals surface area contributed by atoms with E-state index < -0.39 is 0 Å². The van der Waals surface area contributed by atoms with E-state index in [-0.39, 0.29) is 17.8 Å². The minimum absolute atomic E-state index is 0.0485. The molecule has 0 bridgehead atoms. The van der Waals surface area contributed by atoms with E-state index in [2.05, 4.69) is 22.2 Å². The van der Waals surface area contributed by atoms with Crippen molar-refractivity contribution < 1.29 is 9.18 Å². The first-order chi connectivity index (χ1) is 14.9. The van der Waals surface area contributed by atoms with Crippen molar-refractivity contribution in [2.45, 2.75) is 39.7 Å². The van der Waals surface area contributed by atoms with E-state index in [1.54, 1.807) is 12.1 Å². The smallest absolute Gasteiger partial charge is 0.274 e. The molecule has 162 valence electrons. The van der Waals surface area contributed by atoms with Gasteiger partial charge in [-0.1, -0.05) is 25.1 Å². The summed E-state index contributed by atoms with van der Waals surface area (Å²) in [6.07, 6.45) is 3.89. The molecular weight excluding hydrogens is 411 g/mol. The normalized spacial score (nSPS) is 18.8. The number of aryl methyl sites for hydroxylation is 2. The summed E-state index contributed by atoms with van der Waals surface area (Å²) in [6, 6.07) is 10.3. The maximum atomic E-state index is 13.6. The van der Waals surface area contributed by atoms with Crippen LogP contribution < -0.4 is 5.32 Å². The van der Waals surface area contributed by atoms with Gasteiger partial charge in [0.2, 0.25) is 0 Å². The van der Waals surface area contributed by atoms with Crippen molar-refractivity contribution in [1.29, 1.82) is 0 Å². The molecule has 0 spiro atoms. The summed E-state index contributed by atoms with van der Waals surface area (Å²) in [5, 5.41) is 4.23. The average molecular weight is 439 g/mol. The number of nitrogens with one attached hydrogen (secondary N) is 1. The van der Waals surface area contributed by atoms with Crippen molar-refractivity contribution in [2.75, 3.05) is 18.4 Å². The van der Waals surface area contributed by atoms with Crippen molar-refractivity contribution in [3.63, 3.8) is 0 Å². The first-order valence-corrected chi connectivity index (χ1v) is 11.4. The third kappa shape index (κ3) is 4.77. The largest absolute Gasteiger partial charge is 0.368 e. The number of likely N-dealkylation sites (tertiary alicyclic amines) is 1. The highest BCUT2D eigenvalue weighted by Crippen LogP contribution is 2.33. The second-order valence-electron chi connectivity index (χ2n) is 8.20. The van der Waals surface area contributed by atoms with Gasteiger partial charge < -0.3 is 10.2 Å². The number of carbonyl (C=O) groups is 1. The summed E-state index contributed by atoms with van der Waals surface area (Å²) >= 11 is 1.47. The third-order valence-electron chi connectivity index (χ3n) is 5.82. The lowest BCUT2D eigenvalue weighted by Crippen LogP contribution is -2.51. The summed E-state index contributed by atoms with van der Waals surface area (Å²) in [5.41, 5.74) is 2.39. The standard InChI is InChI=1S/C24H27FN4OS/c1-15-6-11-21(26-13-15)27-14-20-16(2)5-4-12-29(20)24(30)22-23(31-17(3)28-22)18-7-9-19(25)10-8-18/h6-11,13,16,20H,4-5,12,14H2,1-3H3,(H,26,27)/t16-,20-/m1/s1. The highest BCUT2D eigenvalue weighted by Gasteiger charge is 2.34. The molecule has 1 aromatic carbocycles. The number of hydrogen-bond donors (Lipinski definition) is 1. The number of halogens is 1. The van der Waals surface area contributed by atoms with Crippen LogP contribution in [0.5, 0.6) is 0 Å². The first-order valence-electron chi connectivity index (χ1n) is 10.6. The van der Waals surface area contributed by atoms with E-state index in [0.29, 0.717) is 24.7 Å². The molecule has 0 radical (unpaired) electrons. The van der Waals surface area contributed by atoms with Crippen molar-refractivity contribution in [3.05, 3.63) is 64.7 Å². The predicted octanol–water partition coefficient (Wildman–Crippen LogP) is 5.31. The molecule has 0 aliphatic carbocycles. The monoisotopic (exact) mass is 438 g/mol. The van der Waals surface area contributed by atoms with Crippen LogP contribution in [-0.4, -0.2) is 39.9 Å². The number of aromatic nitrogens is 2. The number of anilines is 1. The van der Waals surface area contributed by atoms with Gasteiger partial charge in [-0.05, 0) is 61.9 Å². The van der Waals surface area contributed by atoms with Crippen molar-refractivity contribution in [1.82, 2.24) is 14.9 Å². The molecule has 31 heavy (non-hydrogen) atoms. The van der Waals surface area contributed by atoms with Gasteiger partial charge in [-0.3, -0.25) is 4.79 Å². The van der Waals surface area contributed by atoms with E-state index in [1.165, 1.54) is 23.5 Å². The van der Waals surface area contributed by atoms with Gasteiger partial charge in [0.05, 0.1) is 15.9 Å². The minimum atomic E-state index is -0.293. The Morgan fingerprint density at radius 3 is 2.71 bits per heavy atom. The number of hydrogen-bond acceptors (Lipinski definition) is 5. The number of pyridine rings is 1. The topological polar surface area (TPSA) is 58.1 Å². The van der Waals surface area contributed by atoms with Gasteiger partial charge >= 0.3 is 0 Å². The van der Waals surface area contributed by atoms with E-state index >= 15 is 0 Å². The van der Waals surface area contributed by atoms with Crippen LogP contribution >= 0.6 is 11.3 Å². The molecule has 3 heterocycles. The summed E-state index contributed by atoms with van der Waals surface area (Å²) in [6.45, 7) is 7.44. The Morgan fingerprint density at radius 2 is 2.00 bits per heavy atom. The van der Waals surface area contributed by atoms with Crippen LogP contribution in [0.4, 0.5) is 10.2 Å². The summed E-state index contributed by atoms with van der Waals surface area (Å²) in [4.78, 5) is 25.4. The lowest BCUT2D eigenvalue weighted by Gasteiger charge is -2.40. The maximum absolute atomic E-state index is 13.6. The lowest BCUT2D eigenvalue weighted by molar-refractivity contribution is 0.0535. The molecule has 1 aliphatic rings. The summed E-state index contributed by atoms with van der Waals surface area (Å²) < 4.78 is 13.4. The average Bonchev–Trinajstić information content (AvgIpc) is 3.15. The number of benzene rings is 1. The van der Waals surface area contributed by atoms with E-state index in [4.69, 9.17) is 0 Å². The number of amides is 1. The fraction of sp³-hybridized carbons (Fsp3) is 0.375. The van der Waals surface area contributed by atoms with Crippen molar-refractivity contribution in [2.24, 2.45) is 5.92 Å². The van der Waals surface area contributed by atoms with Crippen LogP contribution in [0.25, 0.3) is 10.4 Å². The van der Waals surface area contributed by atoms with Crippen LogP contribution in [0.2, 0.25) is 0 Å². The second-order valence-corrected chi connectivity index (χ2v) is 9.41. The van der Waals surface area contributed by atoms with Crippen molar-refractivity contribution >= 4 is 23.1 Å². The van der Waals surface area contributed by atoms with Crippen LogP contribution in [-0.2, 0) is 0 Å².